The Hall–Kier alpha value is -0.610. The first-order valence-electron chi connectivity index (χ1n) is 4.90. The highest BCUT2D eigenvalue weighted by Crippen LogP contribution is 2.32. The molecule has 13 heavy (non-hydrogen) atoms. The molecule has 0 aromatic rings. The third-order valence-corrected chi connectivity index (χ3v) is 2.61. The van der Waals surface area contributed by atoms with Gasteiger partial charge in [-0.05, 0) is 18.8 Å². The van der Waals surface area contributed by atoms with Crippen molar-refractivity contribution in [1.82, 2.24) is 4.90 Å². The van der Waals surface area contributed by atoms with Gasteiger partial charge in [-0.3, -0.25) is 4.79 Å². The smallest absolute Gasteiger partial charge is 0.223 e. The summed E-state index contributed by atoms with van der Waals surface area (Å²) in [6.45, 7) is 1.85. The second-order valence-electron chi connectivity index (χ2n) is 3.90. The largest absolute Gasteiger partial charge is 0.360 e. The van der Waals surface area contributed by atoms with E-state index in [4.69, 9.17) is 10.5 Å². The minimum Gasteiger partial charge on any atom is -0.360 e. The molecule has 74 valence electrons. The number of morpholine rings is 1. The average molecular weight is 184 g/mol. The van der Waals surface area contributed by atoms with Crippen molar-refractivity contribution in [3.8, 4) is 0 Å². The second kappa shape index (κ2) is 3.64. The van der Waals surface area contributed by atoms with Crippen LogP contribution in [-0.4, -0.2) is 36.7 Å². The van der Waals surface area contributed by atoms with Crippen molar-refractivity contribution in [2.75, 3.05) is 19.7 Å². The molecule has 1 amide bonds. The van der Waals surface area contributed by atoms with Gasteiger partial charge in [0.05, 0.1) is 13.2 Å². The molecule has 1 aliphatic carbocycles. The third kappa shape index (κ3) is 2.42. The molecule has 0 bridgehead atoms. The summed E-state index contributed by atoms with van der Waals surface area (Å²) in [5, 5.41) is 0. The van der Waals surface area contributed by atoms with Crippen molar-refractivity contribution in [2.45, 2.75) is 25.5 Å². The molecule has 4 heteroatoms. The quantitative estimate of drug-likeness (QED) is 0.653. The maximum Gasteiger partial charge on any atom is 0.223 e. The normalized spacial score (nSPS) is 29.0. The highest BCUT2D eigenvalue weighted by atomic mass is 16.5. The van der Waals surface area contributed by atoms with E-state index in [1.54, 1.807) is 0 Å². The first kappa shape index (κ1) is 8.97. The topological polar surface area (TPSA) is 55.6 Å². The van der Waals surface area contributed by atoms with Gasteiger partial charge in [0.2, 0.25) is 5.91 Å². The molecule has 1 atom stereocenters. The number of rotatable bonds is 2. The number of nitrogens with two attached hydrogens (primary N) is 1. The fourth-order valence-electron chi connectivity index (χ4n) is 1.60. The van der Waals surface area contributed by atoms with Gasteiger partial charge in [-0.15, -0.1) is 0 Å². The van der Waals surface area contributed by atoms with Gasteiger partial charge in [-0.2, -0.15) is 0 Å². The van der Waals surface area contributed by atoms with Crippen LogP contribution in [0.25, 0.3) is 0 Å². The summed E-state index contributed by atoms with van der Waals surface area (Å²) in [5.74, 6) is 0.910. The van der Waals surface area contributed by atoms with Crippen LogP contribution in [0.4, 0.5) is 0 Å². The summed E-state index contributed by atoms with van der Waals surface area (Å²) < 4.78 is 5.16. The van der Waals surface area contributed by atoms with Gasteiger partial charge in [0.1, 0.15) is 6.23 Å². The Morgan fingerprint density at radius 1 is 1.54 bits per heavy atom. The Morgan fingerprint density at radius 2 is 2.31 bits per heavy atom. The summed E-state index contributed by atoms with van der Waals surface area (Å²) in [5.41, 5.74) is 5.59. The summed E-state index contributed by atoms with van der Waals surface area (Å²) in [6, 6.07) is 0. The molecule has 2 N–H and O–H groups in total. The molecule has 1 saturated carbocycles. The van der Waals surface area contributed by atoms with Gasteiger partial charge in [0, 0.05) is 13.0 Å². The van der Waals surface area contributed by atoms with Crippen molar-refractivity contribution in [3.05, 3.63) is 0 Å². The zero-order valence-electron chi connectivity index (χ0n) is 7.74. The SMILES string of the molecule is NC1CN(C(=O)CC2CC2)CCO1. The summed E-state index contributed by atoms with van der Waals surface area (Å²) in [4.78, 5) is 13.4. The fraction of sp³-hybridized carbons (Fsp3) is 0.889. The Balaban J connectivity index is 1.80. The van der Waals surface area contributed by atoms with Crippen molar-refractivity contribution in [1.29, 1.82) is 0 Å². The van der Waals surface area contributed by atoms with Crippen LogP contribution in [0.15, 0.2) is 0 Å². The Kier molecular flexibility index (Phi) is 2.51. The van der Waals surface area contributed by atoms with Crippen molar-refractivity contribution in [3.63, 3.8) is 0 Å². The Labute approximate surface area is 78.0 Å². The van der Waals surface area contributed by atoms with E-state index < -0.39 is 0 Å². The minimum absolute atomic E-state index is 0.251. The van der Waals surface area contributed by atoms with Gasteiger partial charge in [-0.1, -0.05) is 0 Å². The van der Waals surface area contributed by atoms with Gasteiger partial charge >= 0.3 is 0 Å². The van der Waals surface area contributed by atoms with Crippen LogP contribution in [0.3, 0.4) is 0 Å². The number of carbonyl (C=O) groups is 1. The van der Waals surface area contributed by atoms with E-state index in [9.17, 15) is 4.79 Å². The standard InChI is InChI=1S/C9H16N2O2/c10-8-6-11(3-4-13-8)9(12)5-7-1-2-7/h7-8H,1-6,10H2. The monoisotopic (exact) mass is 184 g/mol. The Bertz CT molecular complexity index is 204. The average Bonchev–Trinajstić information content (AvgIpc) is 2.88. The predicted octanol–water partition coefficient (Wildman–Crippen LogP) is -0.0699. The lowest BCUT2D eigenvalue weighted by molar-refractivity contribution is -0.138. The molecule has 2 fully saturated rings. The molecular formula is C9H16N2O2. The number of hydrogen-bond donors (Lipinski definition) is 1. The van der Waals surface area contributed by atoms with E-state index in [2.05, 4.69) is 0 Å². The summed E-state index contributed by atoms with van der Waals surface area (Å²) >= 11 is 0. The third-order valence-electron chi connectivity index (χ3n) is 2.61. The molecule has 0 spiro atoms. The van der Waals surface area contributed by atoms with Crippen molar-refractivity contribution >= 4 is 5.91 Å². The number of nitrogens with zero attached hydrogens (tertiary/aromatic N) is 1. The van der Waals surface area contributed by atoms with E-state index in [0.29, 0.717) is 32.0 Å². The van der Waals surface area contributed by atoms with Crippen LogP contribution in [0, 0.1) is 5.92 Å². The molecule has 1 heterocycles. The maximum atomic E-state index is 11.6. The zero-order valence-corrected chi connectivity index (χ0v) is 7.74. The molecule has 0 aromatic carbocycles. The lowest BCUT2D eigenvalue weighted by atomic mass is 10.2. The van der Waals surface area contributed by atoms with Crippen LogP contribution >= 0.6 is 0 Å². The van der Waals surface area contributed by atoms with Gasteiger partial charge in [0.15, 0.2) is 0 Å². The summed E-state index contributed by atoms with van der Waals surface area (Å²) in [6.07, 6.45) is 2.88. The van der Waals surface area contributed by atoms with E-state index in [1.165, 1.54) is 12.8 Å². The first-order chi connectivity index (χ1) is 6.25. The summed E-state index contributed by atoms with van der Waals surface area (Å²) in [7, 11) is 0. The molecule has 2 rings (SSSR count). The van der Waals surface area contributed by atoms with E-state index in [0.717, 1.165) is 0 Å². The highest BCUT2D eigenvalue weighted by Gasteiger charge is 2.28. The van der Waals surface area contributed by atoms with E-state index >= 15 is 0 Å². The minimum atomic E-state index is -0.281. The van der Waals surface area contributed by atoms with E-state index in [1.807, 2.05) is 4.90 Å². The van der Waals surface area contributed by atoms with Gasteiger partial charge < -0.3 is 15.4 Å². The van der Waals surface area contributed by atoms with Gasteiger partial charge in [0.25, 0.3) is 0 Å². The maximum absolute atomic E-state index is 11.6. The zero-order chi connectivity index (χ0) is 9.26. The van der Waals surface area contributed by atoms with Crippen LogP contribution in [0.5, 0.6) is 0 Å². The van der Waals surface area contributed by atoms with Gasteiger partial charge in [-0.25, -0.2) is 0 Å². The van der Waals surface area contributed by atoms with Crippen LogP contribution in [-0.2, 0) is 9.53 Å². The predicted molar refractivity (Wildman–Crippen MR) is 47.8 cm³/mol. The molecule has 0 aromatic heterocycles. The molecule has 2 aliphatic rings. The second-order valence-corrected chi connectivity index (χ2v) is 3.90. The van der Waals surface area contributed by atoms with Crippen LogP contribution < -0.4 is 5.73 Å². The molecule has 4 nitrogen and oxygen atoms in total. The van der Waals surface area contributed by atoms with Crippen molar-refractivity contribution < 1.29 is 9.53 Å². The first-order valence-corrected chi connectivity index (χ1v) is 4.90. The molecule has 1 unspecified atom stereocenters. The van der Waals surface area contributed by atoms with E-state index in [-0.39, 0.29) is 12.1 Å². The lowest BCUT2D eigenvalue weighted by Gasteiger charge is -2.30. The lowest BCUT2D eigenvalue weighted by Crippen LogP contribution is -2.49. The molecule has 1 aliphatic heterocycles. The molecule has 1 saturated heterocycles. The number of ether oxygens (including phenoxy) is 1. The highest BCUT2D eigenvalue weighted by molar-refractivity contribution is 5.76. The number of carbonyl (C=O) groups excluding carboxylic acids is 1. The fourth-order valence-corrected chi connectivity index (χ4v) is 1.60. The van der Waals surface area contributed by atoms with Crippen molar-refractivity contribution in [2.24, 2.45) is 11.7 Å². The number of amides is 1. The van der Waals surface area contributed by atoms with Crippen LogP contribution in [0.1, 0.15) is 19.3 Å². The molecule has 0 radical (unpaired) electrons. The number of hydrogen-bond acceptors (Lipinski definition) is 3. The Morgan fingerprint density at radius 3 is 2.92 bits per heavy atom. The molecular weight excluding hydrogens is 168 g/mol. The van der Waals surface area contributed by atoms with Crippen LogP contribution in [0.2, 0.25) is 0 Å².